The molecule has 3 nitrogen and oxygen atoms in total. The SMILES string of the molecule is C[C@](O)(C1CCCCN1)C1CCC2C3CC[C@H]4C[C@@H](O)CC[C@]4(C)C3CC[C@@]21C. The molecular formula is C26H45NO2. The zero-order valence-electron chi connectivity index (χ0n) is 19.1. The lowest BCUT2D eigenvalue weighted by atomic mass is 9.44. The Balaban J connectivity index is 1.38. The first-order valence-electron chi connectivity index (χ1n) is 12.9. The summed E-state index contributed by atoms with van der Waals surface area (Å²) in [4.78, 5) is 0. The average molecular weight is 404 g/mol. The number of hydrogen-bond acceptors (Lipinski definition) is 3. The van der Waals surface area contributed by atoms with Crippen LogP contribution in [-0.4, -0.2) is 34.5 Å². The van der Waals surface area contributed by atoms with Crippen LogP contribution in [0.3, 0.4) is 0 Å². The zero-order valence-corrected chi connectivity index (χ0v) is 19.1. The average Bonchev–Trinajstić information content (AvgIpc) is 3.07. The van der Waals surface area contributed by atoms with Crippen LogP contribution >= 0.6 is 0 Å². The molecular weight excluding hydrogens is 358 g/mol. The van der Waals surface area contributed by atoms with Gasteiger partial charge >= 0.3 is 0 Å². The van der Waals surface area contributed by atoms with Crippen LogP contribution in [0.2, 0.25) is 0 Å². The highest BCUT2D eigenvalue weighted by Crippen LogP contribution is 2.68. The number of fused-ring (bicyclic) bond motifs is 5. The molecule has 0 radical (unpaired) electrons. The Labute approximate surface area is 178 Å². The monoisotopic (exact) mass is 403 g/mol. The maximum atomic E-state index is 11.8. The lowest BCUT2D eigenvalue weighted by Crippen LogP contribution is -2.60. The van der Waals surface area contributed by atoms with Crippen molar-refractivity contribution in [1.82, 2.24) is 5.32 Å². The maximum Gasteiger partial charge on any atom is 0.0805 e. The summed E-state index contributed by atoms with van der Waals surface area (Å²) >= 11 is 0. The van der Waals surface area contributed by atoms with Crippen LogP contribution in [0.25, 0.3) is 0 Å². The molecule has 4 aliphatic carbocycles. The molecule has 0 aromatic rings. The van der Waals surface area contributed by atoms with Gasteiger partial charge in [0.05, 0.1) is 11.7 Å². The van der Waals surface area contributed by atoms with E-state index in [-0.39, 0.29) is 12.1 Å². The molecule has 0 amide bonds. The van der Waals surface area contributed by atoms with Crippen LogP contribution in [-0.2, 0) is 0 Å². The molecule has 10 atom stereocenters. The van der Waals surface area contributed by atoms with Crippen LogP contribution in [0.15, 0.2) is 0 Å². The van der Waals surface area contributed by atoms with E-state index in [0.29, 0.717) is 16.7 Å². The van der Waals surface area contributed by atoms with Gasteiger partial charge in [-0.15, -0.1) is 0 Å². The van der Waals surface area contributed by atoms with E-state index < -0.39 is 5.60 Å². The van der Waals surface area contributed by atoms with E-state index in [1.807, 2.05) is 0 Å². The van der Waals surface area contributed by atoms with Crippen molar-refractivity contribution in [2.24, 2.45) is 40.4 Å². The summed E-state index contributed by atoms with van der Waals surface area (Å²) in [5.41, 5.74) is 0.184. The molecule has 3 heteroatoms. The molecule has 4 saturated carbocycles. The van der Waals surface area contributed by atoms with Crippen molar-refractivity contribution in [3.05, 3.63) is 0 Å². The quantitative estimate of drug-likeness (QED) is 0.615. The summed E-state index contributed by atoms with van der Waals surface area (Å²) < 4.78 is 0. The molecule has 0 aromatic heterocycles. The molecule has 0 bridgehead atoms. The van der Waals surface area contributed by atoms with Crippen LogP contribution in [0.1, 0.15) is 97.8 Å². The Morgan fingerprint density at radius 3 is 2.38 bits per heavy atom. The van der Waals surface area contributed by atoms with Gasteiger partial charge in [-0.2, -0.15) is 0 Å². The Bertz CT molecular complexity index is 614. The fourth-order valence-corrected chi connectivity index (χ4v) is 9.79. The number of nitrogens with one attached hydrogen (secondary N) is 1. The van der Waals surface area contributed by atoms with Gasteiger partial charge in [0.25, 0.3) is 0 Å². The third kappa shape index (κ3) is 3.08. The largest absolute Gasteiger partial charge is 0.393 e. The van der Waals surface area contributed by atoms with Crippen molar-refractivity contribution in [1.29, 1.82) is 0 Å². The van der Waals surface area contributed by atoms with E-state index in [2.05, 4.69) is 26.1 Å². The lowest BCUT2D eigenvalue weighted by molar-refractivity contribution is -0.149. The van der Waals surface area contributed by atoms with Gasteiger partial charge in [0.15, 0.2) is 0 Å². The van der Waals surface area contributed by atoms with E-state index in [0.717, 1.165) is 49.5 Å². The normalized spacial score (nSPS) is 54.7. The van der Waals surface area contributed by atoms with E-state index in [1.54, 1.807) is 0 Å². The van der Waals surface area contributed by atoms with Crippen molar-refractivity contribution in [2.75, 3.05) is 6.54 Å². The second kappa shape index (κ2) is 7.20. The smallest absolute Gasteiger partial charge is 0.0805 e. The van der Waals surface area contributed by atoms with Crippen molar-refractivity contribution in [2.45, 2.75) is 116 Å². The van der Waals surface area contributed by atoms with Crippen LogP contribution in [0, 0.1) is 40.4 Å². The minimum absolute atomic E-state index is 0.0487. The molecule has 1 saturated heterocycles. The lowest BCUT2D eigenvalue weighted by Gasteiger charge is -2.61. The van der Waals surface area contributed by atoms with Crippen molar-refractivity contribution in [3.8, 4) is 0 Å². The van der Waals surface area contributed by atoms with Crippen molar-refractivity contribution >= 4 is 0 Å². The summed E-state index contributed by atoms with van der Waals surface area (Å²) in [6, 6.07) is 0.280. The van der Waals surface area contributed by atoms with Crippen LogP contribution in [0.4, 0.5) is 0 Å². The summed E-state index contributed by atoms with van der Waals surface area (Å²) in [6.07, 6.45) is 14.8. The van der Waals surface area contributed by atoms with Gasteiger partial charge in [0, 0.05) is 6.04 Å². The predicted octanol–water partition coefficient (Wildman–Crippen LogP) is 4.90. The van der Waals surface area contributed by atoms with Gasteiger partial charge in [0.2, 0.25) is 0 Å². The number of aliphatic hydroxyl groups is 2. The maximum absolute atomic E-state index is 11.8. The topological polar surface area (TPSA) is 52.5 Å². The first-order valence-corrected chi connectivity index (χ1v) is 12.9. The standard InChI is InChI=1S/C26H45NO2/c1-24-13-11-18(28)16-17(24)7-8-19-20-9-10-22(25(20,2)14-12-21(19)24)26(3,29)23-6-4-5-15-27-23/h17-23,27-29H,4-16H2,1-3H3/t17-,18-,19?,20?,21?,22?,23?,24-,25-,26+/m0/s1. The summed E-state index contributed by atoms with van der Waals surface area (Å²) in [5.74, 6) is 3.68. The Kier molecular flexibility index (Phi) is 5.16. The van der Waals surface area contributed by atoms with Gasteiger partial charge in [-0.25, -0.2) is 0 Å². The number of hydrogen-bond donors (Lipinski definition) is 3. The molecule has 166 valence electrons. The molecule has 3 N–H and O–H groups in total. The van der Waals surface area contributed by atoms with Crippen LogP contribution in [0.5, 0.6) is 0 Å². The molecule has 1 aliphatic heterocycles. The van der Waals surface area contributed by atoms with Crippen molar-refractivity contribution in [3.63, 3.8) is 0 Å². The van der Waals surface area contributed by atoms with Gasteiger partial charge in [-0.1, -0.05) is 20.3 Å². The third-order valence-electron chi connectivity index (χ3n) is 11.4. The summed E-state index contributed by atoms with van der Waals surface area (Å²) in [6.45, 7) is 8.38. The van der Waals surface area contributed by atoms with E-state index in [1.165, 1.54) is 57.8 Å². The van der Waals surface area contributed by atoms with Crippen LogP contribution < -0.4 is 5.32 Å². The first kappa shape index (κ1) is 20.8. The van der Waals surface area contributed by atoms with Gasteiger partial charge in [-0.3, -0.25) is 0 Å². The second-order valence-electron chi connectivity index (χ2n) is 12.5. The fraction of sp³-hybridized carbons (Fsp3) is 1.00. The molecule has 29 heavy (non-hydrogen) atoms. The van der Waals surface area contributed by atoms with Gasteiger partial charge in [-0.05, 0) is 125 Å². The molecule has 1 heterocycles. The molecule has 5 fully saturated rings. The Morgan fingerprint density at radius 2 is 1.62 bits per heavy atom. The second-order valence-corrected chi connectivity index (χ2v) is 12.5. The summed E-state index contributed by atoms with van der Waals surface area (Å²) in [5, 5.41) is 25.8. The number of rotatable bonds is 2. The third-order valence-corrected chi connectivity index (χ3v) is 11.4. The highest BCUT2D eigenvalue weighted by Gasteiger charge is 2.63. The van der Waals surface area contributed by atoms with E-state index in [4.69, 9.17) is 0 Å². The fourth-order valence-electron chi connectivity index (χ4n) is 9.79. The molecule has 0 spiro atoms. The van der Waals surface area contributed by atoms with Gasteiger partial charge in [0.1, 0.15) is 0 Å². The number of aliphatic hydroxyl groups excluding tert-OH is 1. The first-order chi connectivity index (χ1) is 13.8. The predicted molar refractivity (Wildman–Crippen MR) is 117 cm³/mol. The Morgan fingerprint density at radius 1 is 0.862 bits per heavy atom. The van der Waals surface area contributed by atoms with E-state index in [9.17, 15) is 10.2 Å². The zero-order chi connectivity index (χ0) is 20.4. The highest BCUT2D eigenvalue weighted by atomic mass is 16.3. The molecule has 5 unspecified atom stereocenters. The molecule has 5 rings (SSSR count). The van der Waals surface area contributed by atoms with Gasteiger partial charge < -0.3 is 15.5 Å². The minimum Gasteiger partial charge on any atom is -0.393 e. The Hall–Kier alpha value is -0.120. The molecule has 5 aliphatic rings. The van der Waals surface area contributed by atoms with E-state index >= 15 is 0 Å². The minimum atomic E-state index is -0.577. The highest BCUT2D eigenvalue weighted by molar-refractivity contribution is 5.13. The molecule has 0 aromatic carbocycles. The van der Waals surface area contributed by atoms with Crippen molar-refractivity contribution < 1.29 is 10.2 Å². The number of piperidine rings is 1. The summed E-state index contributed by atoms with van der Waals surface area (Å²) in [7, 11) is 0.